The lowest BCUT2D eigenvalue weighted by atomic mass is 10.2. The van der Waals surface area contributed by atoms with Crippen molar-refractivity contribution in [1.29, 1.82) is 0 Å². The third kappa shape index (κ3) is 5.04. The van der Waals surface area contributed by atoms with E-state index in [0.29, 0.717) is 24.3 Å². The first-order chi connectivity index (χ1) is 12.0. The normalized spacial score (nSPS) is 10.2. The highest BCUT2D eigenvalue weighted by Crippen LogP contribution is 2.18. The van der Waals surface area contributed by atoms with Crippen LogP contribution in [-0.2, 0) is 4.79 Å². The van der Waals surface area contributed by atoms with E-state index in [4.69, 9.17) is 4.74 Å². The van der Waals surface area contributed by atoms with Gasteiger partial charge in [0.25, 0.3) is 5.91 Å². The van der Waals surface area contributed by atoms with Crippen LogP contribution in [0.1, 0.15) is 23.2 Å². The highest BCUT2D eigenvalue weighted by molar-refractivity contribution is 5.94. The predicted octanol–water partition coefficient (Wildman–Crippen LogP) is 3.01. The number of carbonyl (C=O) groups excluding carboxylic acids is 2. The van der Waals surface area contributed by atoms with Crippen LogP contribution in [0.5, 0.6) is 5.75 Å². The Balaban J connectivity index is 1.77. The van der Waals surface area contributed by atoms with Gasteiger partial charge in [0.05, 0.1) is 12.8 Å². The van der Waals surface area contributed by atoms with E-state index in [2.05, 4.69) is 5.32 Å². The number of hydrogen-bond acceptors (Lipinski definition) is 3. The van der Waals surface area contributed by atoms with E-state index < -0.39 is 5.82 Å². The molecule has 0 spiro atoms. The van der Waals surface area contributed by atoms with E-state index in [0.717, 1.165) is 0 Å². The molecule has 2 amide bonds. The minimum Gasteiger partial charge on any atom is -0.497 e. The molecule has 6 heteroatoms. The van der Waals surface area contributed by atoms with Gasteiger partial charge in [0.2, 0.25) is 5.91 Å². The van der Waals surface area contributed by atoms with Crippen molar-refractivity contribution in [3.8, 4) is 5.75 Å². The highest BCUT2D eigenvalue weighted by atomic mass is 19.1. The van der Waals surface area contributed by atoms with Gasteiger partial charge in [-0.2, -0.15) is 0 Å². The van der Waals surface area contributed by atoms with Gasteiger partial charge in [-0.3, -0.25) is 9.59 Å². The number of halogens is 1. The Morgan fingerprint density at radius 3 is 2.44 bits per heavy atom. The topological polar surface area (TPSA) is 58.6 Å². The van der Waals surface area contributed by atoms with Gasteiger partial charge in [-0.1, -0.05) is 12.1 Å². The molecule has 5 nitrogen and oxygen atoms in total. The largest absolute Gasteiger partial charge is 0.497 e. The zero-order valence-electron chi connectivity index (χ0n) is 14.3. The molecule has 132 valence electrons. The van der Waals surface area contributed by atoms with Gasteiger partial charge in [0, 0.05) is 25.6 Å². The summed E-state index contributed by atoms with van der Waals surface area (Å²) in [5, 5.41) is 2.76. The molecule has 0 unspecified atom stereocenters. The Labute approximate surface area is 146 Å². The lowest BCUT2D eigenvalue weighted by Crippen LogP contribution is -2.29. The maximum absolute atomic E-state index is 13.7. The molecule has 2 aromatic carbocycles. The zero-order chi connectivity index (χ0) is 18.2. The number of ether oxygens (including phenoxy) is 1. The van der Waals surface area contributed by atoms with Gasteiger partial charge in [-0.25, -0.2) is 4.39 Å². The van der Waals surface area contributed by atoms with Crippen LogP contribution in [0.15, 0.2) is 48.5 Å². The molecule has 0 bridgehead atoms. The number of anilines is 1. The molecule has 2 rings (SSSR count). The summed E-state index contributed by atoms with van der Waals surface area (Å²) in [4.78, 5) is 25.4. The van der Waals surface area contributed by atoms with Crippen molar-refractivity contribution < 1.29 is 18.7 Å². The molecule has 0 aliphatic rings. The van der Waals surface area contributed by atoms with Gasteiger partial charge in [-0.05, 0) is 42.8 Å². The number of rotatable bonds is 7. The van der Waals surface area contributed by atoms with E-state index in [1.54, 1.807) is 49.6 Å². The summed E-state index contributed by atoms with van der Waals surface area (Å²) in [6, 6.07) is 12.9. The van der Waals surface area contributed by atoms with Crippen LogP contribution in [0.25, 0.3) is 0 Å². The molecule has 2 aromatic rings. The van der Waals surface area contributed by atoms with Gasteiger partial charge >= 0.3 is 0 Å². The monoisotopic (exact) mass is 344 g/mol. The van der Waals surface area contributed by atoms with Crippen molar-refractivity contribution in [3.63, 3.8) is 0 Å². The molecular weight excluding hydrogens is 323 g/mol. The van der Waals surface area contributed by atoms with E-state index >= 15 is 0 Å². The fourth-order valence-corrected chi connectivity index (χ4v) is 2.31. The summed E-state index contributed by atoms with van der Waals surface area (Å²) in [5.74, 6) is -0.175. The minimum absolute atomic E-state index is 0.205. The second kappa shape index (κ2) is 8.82. The third-order valence-corrected chi connectivity index (χ3v) is 3.79. The Bertz CT molecular complexity index is 732. The quantitative estimate of drug-likeness (QED) is 0.786. The SMILES string of the molecule is COc1ccc(C(=O)NCCCC(=O)N(C)c2ccccc2F)cc1. The van der Waals surface area contributed by atoms with Gasteiger partial charge < -0.3 is 15.0 Å². The van der Waals surface area contributed by atoms with Gasteiger partial charge in [-0.15, -0.1) is 0 Å². The number of para-hydroxylation sites is 1. The van der Waals surface area contributed by atoms with Crippen LogP contribution in [0.3, 0.4) is 0 Å². The second-order valence-corrected chi connectivity index (χ2v) is 5.49. The van der Waals surface area contributed by atoms with Gasteiger partial charge in [0.1, 0.15) is 11.6 Å². The first kappa shape index (κ1) is 18.4. The zero-order valence-corrected chi connectivity index (χ0v) is 14.3. The molecule has 0 aromatic heterocycles. The van der Waals surface area contributed by atoms with E-state index in [1.165, 1.54) is 18.0 Å². The standard InChI is InChI=1S/C19H21FN2O3/c1-22(17-7-4-3-6-16(17)20)18(23)8-5-13-21-19(24)14-9-11-15(25-2)12-10-14/h3-4,6-7,9-12H,5,8,13H2,1-2H3,(H,21,24). The first-order valence-corrected chi connectivity index (χ1v) is 7.96. The average molecular weight is 344 g/mol. The number of benzene rings is 2. The lowest BCUT2D eigenvalue weighted by molar-refractivity contribution is -0.118. The Hall–Kier alpha value is -2.89. The number of methoxy groups -OCH3 is 1. The minimum atomic E-state index is -0.439. The molecule has 0 heterocycles. The maximum Gasteiger partial charge on any atom is 0.251 e. The molecular formula is C19H21FN2O3. The predicted molar refractivity (Wildman–Crippen MR) is 94.4 cm³/mol. The molecule has 0 fully saturated rings. The third-order valence-electron chi connectivity index (χ3n) is 3.79. The maximum atomic E-state index is 13.7. The molecule has 0 saturated heterocycles. The number of nitrogens with one attached hydrogen (secondary N) is 1. The Morgan fingerprint density at radius 2 is 1.80 bits per heavy atom. The van der Waals surface area contributed by atoms with Crippen LogP contribution >= 0.6 is 0 Å². The van der Waals surface area contributed by atoms with Crippen LogP contribution in [-0.4, -0.2) is 32.5 Å². The van der Waals surface area contributed by atoms with E-state index in [-0.39, 0.29) is 23.9 Å². The number of amides is 2. The molecule has 0 atom stereocenters. The molecule has 0 aliphatic carbocycles. The van der Waals surface area contributed by atoms with Crippen LogP contribution in [0.4, 0.5) is 10.1 Å². The Morgan fingerprint density at radius 1 is 1.12 bits per heavy atom. The van der Waals surface area contributed by atoms with Crippen molar-refractivity contribution in [3.05, 3.63) is 59.9 Å². The van der Waals surface area contributed by atoms with Gasteiger partial charge in [0.15, 0.2) is 0 Å². The second-order valence-electron chi connectivity index (χ2n) is 5.49. The fraction of sp³-hybridized carbons (Fsp3) is 0.263. The van der Waals surface area contributed by atoms with E-state index in [9.17, 15) is 14.0 Å². The fourth-order valence-electron chi connectivity index (χ4n) is 2.31. The lowest BCUT2D eigenvalue weighted by Gasteiger charge is -2.18. The van der Waals surface area contributed by atoms with Crippen molar-refractivity contribution in [2.45, 2.75) is 12.8 Å². The summed E-state index contributed by atoms with van der Waals surface area (Å²) in [5.41, 5.74) is 0.769. The summed E-state index contributed by atoms with van der Waals surface area (Å²) >= 11 is 0. The number of nitrogens with zero attached hydrogens (tertiary/aromatic N) is 1. The number of hydrogen-bond donors (Lipinski definition) is 1. The summed E-state index contributed by atoms with van der Waals surface area (Å²) < 4.78 is 18.7. The summed E-state index contributed by atoms with van der Waals surface area (Å²) in [6.07, 6.45) is 0.688. The van der Waals surface area contributed by atoms with E-state index in [1.807, 2.05) is 0 Å². The van der Waals surface area contributed by atoms with Crippen LogP contribution in [0.2, 0.25) is 0 Å². The van der Waals surface area contributed by atoms with Crippen molar-refractivity contribution in [2.24, 2.45) is 0 Å². The molecule has 0 saturated carbocycles. The number of carbonyl (C=O) groups is 2. The molecule has 1 N–H and O–H groups in total. The molecule has 0 aliphatic heterocycles. The summed E-state index contributed by atoms with van der Waals surface area (Å²) in [7, 11) is 3.10. The smallest absolute Gasteiger partial charge is 0.251 e. The van der Waals surface area contributed by atoms with Crippen molar-refractivity contribution >= 4 is 17.5 Å². The van der Waals surface area contributed by atoms with Crippen molar-refractivity contribution in [1.82, 2.24) is 5.32 Å². The molecule has 25 heavy (non-hydrogen) atoms. The Kier molecular flexibility index (Phi) is 6.51. The van der Waals surface area contributed by atoms with Crippen molar-refractivity contribution in [2.75, 3.05) is 25.6 Å². The first-order valence-electron chi connectivity index (χ1n) is 7.96. The van der Waals surface area contributed by atoms with Crippen LogP contribution < -0.4 is 15.0 Å². The van der Waals surface area contributed by atoms with Crippen LogP contribution in [0, 0.1) is 5.82 Å². The highest BCUT2D eigenvalue weighted by Gasteiger charge is 2.14. The molecule has 0 radical (unpaired) electrons. The summed E-state index contributed by atoms with van der Waals surface area (Å²) in [6.45, 7) is 0.363. The average Bonchev–Trinajstić information content (AvgIpc) is 2.64.